The summed E-state index contributed by atoms with van der Waals surface area (Å²) in [4.78, 5) is 4.80. The summed E-state index contributed by atoms with van der Waals surface area (Å²) in [5.41, 5.74) is 29.3. The van der Waals surface area contributed by atoms with Crippen molar-refractivity contribution in [3.05, 3.63) is 411 Å². The summed E-state index contributed by atoms with van der Waals surface area (Å²) >= 11 is 0. The third-order valence-corrected chi connectivity index (χ3v) is 23.9. The summed E-state index contributed by atoms with van der Waals surface area (Å²) in [6.45, 7) is 9.47. The lowest BCUT2D eigenvalue weighted by atomic mass is 9.82. The van der Waals surface area contributed by atoms with Gasteiger partial charge in [-0.25, -0.2) is 0 Å². The van der Waals surface area contributed by atoms with E-state index < -0.39 is 0 Å². The molecule has 110 heavy (non-hydrogen) atoms. The lowest BCUT2D eigenvalue weighted by molar-refractivity contribution is 0.660. The van der Waals surface area contributed by atoms with Crippen molar-refractivity contribution >= 4 is 121 Å². The first-order chi connectivity index (χ1) is 54.1. The van der Waals surface area contributed by atoms with Gasteiger partial charge in [0.25, 0.3) is 0 Å². The lowest BCUT2D eigenvalue weighted by Gasteiger charge is -2.28. The largest absolute Gasteiger partial charge is 0.310 e. The van der Waals surface area contributed by atoms with Gasteiger partial charge in [-0.1, -0.05) is 282 Å². The van der Waals surface area contributed by atoms with Crippen molar-refractivity contribution in [3.8, 4) is 55.9 Å². The highest BCUT2D eigenvalue weighted by molar-refractivity contribution is 6.28. The predicted octanol–water partition coefficient (Wildman–Crippen LogP) is 29.1. The highest BCUT2D eigenvalue weighted by atomic mass is 15.1. The minimum atomic E-state index is -0.183. The van der Waals surface area contributed by atoms with Crippen LogP contribution in [-0.4, -0.2) is 9.13 Å². The van der Waals surface area contributed by atoms with Crippen LogP contribution in [0, 0.1) is 0 Å². The van der Waals surface area contributed by atoms with Gasteiger partial charge in [0, 0.05) is 77.9 Å². The van der Waals surface area contributed by atoms with E-state index in [1.54, 1.807) is 0 Å². The molecule has 0 spiro atoms. The van der Waals surface area contributed by atoms with Crippen molar-refractivity contribution in [2.75, 3.05) is 9.80 Å². The predicted molar refractivity (Wildman–Crippen MR) is 467 cm³/mol. The minimum Gasteiger partial charge on any atom is -0.310 e. The first kappa shape index (κ1) is 64.6. The molecule has 0 saturated heterocycles. The first-order valence-electron chi connectivity index (χ1n) is 38.4. The number of nitrogens with zero attached hydrogens (tertiary/aromatic N) is 4. The summed E-state index contributed by atoms with van der Waals surface area (Å²) in [7, 11) is 0. The van der Waals surface area contributed by atoms with E-state index in [9.17, 15) is 0 Å². The van der Waals surface area contributed by atoms with E-state index in [0.717, 1.165) is 39.8 Å². The average Bonchev–Trinajstić information content (AvgIpc) is 1.57. The topological polar surface area (TPSA) is 16.3 Å². The average molecular weight is 1410 g/mol. The van der Waals surface area contributed by atoms with Gasteiger partial charge in [-0.15, -0.1) is 0 Å². The summed E-state index contributed by atoms with van der Waals surface area (Å²) in [5, 5.41) is 15.3. The molecule has 0 atom stereocenters. The molecule has 4 heteroatoms. The van der Waals surface area contributed by atoms with E-state index in [1.807, 2.05) is 0 Å². The van der Waals surface area contributed by atoms with E-state index in [-0.39, 0.29) is 10.8 Å². The Morgan fingerprint density at radius 2 is 0.536 bits per heavy atom. The number of aromatic nitrogens is 2. The number of hydrogen-bond acceptors (Lipinski definition) is 2. The molecular weight excluding hydrogens is 1330 g/mol. The smallest absolute Gasteiger partial charge is 0.0547 e. The maximum Gasteiger partial charge on any atom is 0.0547 e. The zero-order valence-electron chi connectivity index (χ0n) is 61.7. The zero-order valence-corrected chi connectivity index (χ0v) is 61.7. The van der Waals surface area contributed by atoms with Gasteiger partial charge >= 0.3 is 0 Å². The lowest BCUT2D eigenvalue weighted by Crippen LogP contribution is -2.17. The molecule has 0 N–H and O–H groups in total. The number of fused-ring (bicyclic) bond motifs is 18. The van der Waals surface area contributed by atoms with E-state index in [1.165, 1.54) is 159 Å². The van der Waals surface area contributed by atoms with E-state index in [0.29, 0.717) is 0 Å². The number of benzene rings is 18. The van der Waals surface area contributed by atoms with Crippen LogP contribution in [0.25, 0.3) is 143 Å². The molecular formula is C106H76N4. The van der Waals surface area contributed by atoms with Crippen LogP contribution in [0.15, 0.2) is 388 Å². The fourth-order valence-electron chi connectivity index (χ4n) is 18.4. The second-order valence-electron chi connectivity index (χ2n) is 30.8. The van der Waals surface area contributed by atoms with Gasteiger partial charge in [0.2, 0.25) is 0 Å². The SMILES string of the molecule is CC1(C)c2cc(N(c3ccccc3)c3ccc(-c4ccc5ccccc5c4)cc3)ccc2-c2ccc(-n3c4ccccc4c4ccccc43)cc21.CC1(C)c2ccccc2-c2ccc(N(c3ccc(-c4ccc5ccccc5c4)cc3)c3ccc(-n4c5ccc6ccccc6c5c5c6ccccc6ccc54)cc3)cc21. The van der Waals surface area contributed by atoms with Gasteiger partial charge < -0.3 is 18.9 Å². The van der Waals surface area contributed by atoms with Crippen LogP contribution in [0.3, 0.4) is 0 Å². The Kier molecular flexibility index (Phi) is 14.9. The molecule has 2 heterocycles. The van der Waals surface area contributed by atoms with Crippen LogP contribution >= 0.6 is 0 Å². The molecule has 0 radical (unpaired) electrons. The molecule has 22 rings (SSSR count). The van der Waals surface area contributed by atoms with Crippen molar-refractivity contribution in [1.82, 2.24) is 9.13 Å². The van der Waals surface area contributed by atoms with Crippen molar-refractivity contribution in [3.63, 3.8) is 0 Å². The molecule has 4 nitrogen and oxygen atoms in total. The molecule has 2 aliphatic rings. The molecule has 0 unspecified atom stereocenters. The molecule has 520 valence electrons. The van der Waals surface area contributed by atoms with Crippen molar-refractivity contribution < 1.29 is 0 Å². The highest BCUT2D eigenvalue weighted by Crippen LogP contribution is 2.54. The van der Waals surface area contributed by atoms with Crippen LogP contribution in [0.5, 0.6) is 0 Å². The van der Waals surface area contributed by atoms with Crippen LogP contribution in [-0.2, 0) is 10.8 Å². The molecule has 0 fully saturated rings. The second kappa shape index (κ2) is 25.4. The van der Waals surface area contributed by atoms with Gasteiger partial charge in [-0.05, 0) is 243 Å². The van der Waals surface area contributed by atoms with Crippen molar-refractivity contribution in [1.29, 1.82) is 0 Å². The summed E-state index contributed by atoms with van der Waals surface area (Å²) < 4.78 is 4.87. The fourth-order valence-corrected chi connectivity index (χ4v) is 18.4. The monoisotopic (exact) mass is 1400 g/mol. The molecule has 0 saturated carbocycles. The zero-order chi connectivity index (χ0) is 73.3. The Balaban J connectivity index is 0.000000141. The maximum atomic E-state index is 2.45. The van der Waals surface area contributed by atoms with Crippen molar-refractivity contribution in [2.24, 2.45) is 0 Å². The standard InChI is InChI=1S/C57H40N2.C49H36N2/c1-57(2)51-18-10-9-17-49(51)50-32-31-46(36-52(50)57)58(43-25-21-38(22-26-43)42-20-19-37-11-3-4-14-41(37)35-42)44-27-29-45(30-28-44)59-53-33-23-39-12-5-7-15-47(39)55(53)56-48-16-8-6-13-40(48)24-34-54(56)59;1-49(2)45-31-39(50(37-14-4-3-5-15-37)38-24-22-34(23-25-38)36-21-20-33-12-6-7-13-35(33)30-36)26-28-41(45)42-29-27-40(32-46(42)49)51-47-18-10-8-16-43(47)44-17-9-11-19-48(44)51/h3-36H,1-2H3;3-32H,1-2H3. The van der Waals surface area contributed by atoms with Gasteiger partial charge in [-0.2, -0.15) is 0 Å². The molecule has 18 aromatic carbocycles. The quantitative estimate of drug-likeness (QED) is 0.136. The summed E-state index contributed by atoms with van der Waals surface area (Å²) in [6.07, 6.45) is 0. The van der Waals surface area contributed by atoms with E-state index in [2.05, 4.69) is 435 Å². The number of hydrogen-bond donors (Lipinski definition) is 0. The van der Waals surface area contributed by atoms with E-state index in [4.69, 9.17) is 0 Å². The van der Waals surface area contributed by atoms with Gasteiger partial charge in [-0.3, -0.25) is 0 Å². The van der Waals surface area contributed by atoms with Gasteiger partial charge in [0.05, 0.1) is 22.1 Å². The Morgan fingerprint density at radius 3 is 1.05 bits per heavy atom. The first-order valence-corrected chi connectivity index (χ1v) is 38.4. The van der Waals surface area contributed by atoms with Crippen LogP contribution in [0.2, 0.25) is 0 Å². The minimum absolute atomic E-state index is 0.109. The van der Waals surface area contributed by atoms with E-state index >= 15 is 0 Å². The number of rotatable bonds is 10. The molecule has 0 amide bonds. The normalized spacial score (nSPS) is 13.1. The third-order valence-electron chi connectivity index (χ3n) is 23.9. The van der Waals surface area contributed by atoms with Gasteiger partial charge in [0.1, 0.15) is 0 Å². The Morgan fingerprint density at radius 1 is 0.200 bits per heavy atom. The fraction of sp³-hybridized carbons (Fsp3) is 0.0566. The third kappa shape index (κ3) is 10.4. The molecule has 20 aromatic rings. The Hall–Kier alpha value is -13.8. The van der Waals surface area contributed by atoms with Crippen LogP contribution in [0.1, 0.15) is 49.9 Å². The molecule has 2 aromatic heterocycles. The Labute approximate surface area is 640 Å². The second-order valence-corrected chi connectivity index (χ2v) is 30.8. The number of para-hydroxylation sites is 3. The molecule has 0 bridgehead atoms. The summed E-state index contributed by atoms with van der Waals surface area (Å²) in [5.74, 6) is 0. The van der Waals surface area contributed by atoms with Crippen LogP contribution < -0.4 is 9.80 Å². The molecule has 0 aliphatic heterocycles. The van der Waals surface area contributed by atoms with Crippen molar-refractivity contribution in [2.45, 2.75) is 38.5 Å². The summed E-state index contributed by atoms with van der Waals surface area (Å²) in [6, 6.07) is 143. The number of anilines is 6. The Bertz CT molecular complexity index is 6930. The molecule has 2 aliphatic carbocycles. The highest BCUT2D eigenvalue weighted by Gasteiger charge is 2.38. The van der Waals surface area contributed by atoms with Gasteiger partial charge in [0.15, 0.2) is 0 Å². The maximum absolute atomic E-state index is 2.45. The van der Waals surface area contributed by atoms with Crippen LogP contribution in [0.4, 0.5) is 34.1 Å².